The number of ether oxygens (including phenoxy) is 2. The highest BCUT2D eigenvalue weighted by molar-refractivity contribution is 5.76. The third-order valence-corrected chi connectivity index (χ3v) is 5.36. The van der Waals surface area contributed by atoms with Gasteiger partial charge in [0.15, 0.2) is 17.5 Å². The van der Waals surface area contributed by atoms with Gasteiger partial charge in [-0.05, 0) is 38.1 Å². The number of imidazole rings is 1. The van der Waals surface area contributed by atoms with Crippen molar-refractivity contribution in [3.63, 3.8) is 0 Å². The molecule has 1 aromatic heterocycles. The molecule has 0 radical (unpaired) electrons. The Kier molecular flexibility index (Phi) is 6.23. The molecule has 1 fully saturated rings. The van der Waals surface area contributed by atoms with E-state index in [0.717, 1.165) is 18.2 Å². The lowest BCUT2D eigenvalue weighted by atomic mass is 10.0. The number of hydrogen-bond donors (Lipinski definition) is 1. The van der Waals surface area contributed by atoms with Crippen LogP contribution < -0.4 is 4.74 Å². The van der Waals surface area contributed by atoms with E-state index < -0.39 is 53.1 Å². The Hall–Kier alpha value is -2.86. The second kappa shape index (κ2) is 8.82. The van der Waals surface area contributed by atoms with Crippen LogP contribution in [-0.2, 0) is 4.74 Å². The van der Waals surface area contributed by atoms with Crippen molar-refractivity contribution in [3.8, 4) is 5.75 Å². The highest BCUT2D eigenvalue weighted by Gasteiger charge is 2.33. The summed E-state index contributed by atoms with van der Waals surface area (Å²) in [5.74, 6) is -6.61. The van der Waals surface area contributed by atoms with Crippen molar-refractivity contribution in [2.45, 2.75) is 31.4 Å². The summed E-state index contributed by atoms with van der Waals surface area (Å²) in [5, 5.41) is 0. The standard InChI is InChI=1S/C21H18F7N3O2/c1-31-6-4-10(5-7-31)32-19(12-8-11(2-3-13(12)22)33-21(26,27)28)20-29-15-9-14(23)16(24)17(25)18(15)30-20/h2-3,8-10,19H,4-7H2,1H3,(H,29,30). The molecule has 1 aliphatic rings. The van der Waals surface area contributed by atoms with Gasteiger partial charge in [0, 0.05) is 24.7 Å². The van der Waals surface area contributed by atoms with Gasteiger partial charge in [-0.25, -0.2) is 22.5 Å². The van der Waals surface area contributed by atoms with Crippen molar-refractivity contribution >= 4 is 11.0 Å². The van der Waals surface area contributed by atoms with E-state index in [4.69, 9.17) is 4.74 Å². The summed E-state index contributed by atoms with van der Waals surface area (Å²) in [6.07, 6.45) is -5.80. The summed E-state index contributed by atoms with van der Waals surface area (Å²) in [6, 6.07) is 3.04. The molecule has 0 saturated carbocycles. The lowest BCUT2D eigenvalue weighted by Gasteiger charge is -2.31. The van der Waals surface area contributed by atoms with Gasteiger partial charge in [-0.1, -0.05) is 0 Å². The van der Waals surface area contributed by atoms with Gasteiger partial charge in [-0.15, -0.1) is 13.2 Å². The Labute approximate surface area is 183 Å². The number of H-pyrrole nitrogens is 1. The fourth-order valence-electron chi connectivity index (χ4n) is 3.72. The fraction of sp³-hybridized carbons (Fsp3) is 0.381. The number of rotatable bonds is 5. The summed E-state index contributed by atoms with van der Waals surface area (Å²) >= 11 is 0. The van der Waals surface area contributed by atoms with Gasteiger partial charge in [0.05, 0.1) is 11.6 Å². The monoisotopic (exact) mass is 477 g/mol. The van der Waals surface area contributed by atoms with E-state index in [-0.39, 0.29) is 16.9 Å². The van der Waals surface area contributed by atoms with Gasteiger partial charge in [0.1, 0.15) is 29.0 Å². The number of fused-ring (bicyclic) bond motifs is 1. The van der Waals surface area contributed by atoms with Crippen LogP contribution >= 0.6 is 0 Å². The highest BCUT2D eigenvalue weighted by atomic mass is 19.4. The Bertz CT molecular complexity index is 1160. The molecule has 1 aliphatic heterocycles. The van der Waals surface area contributed by atoms with Crippen molar-refractivity contribution in [2.75, 3.05) is 20.1 Å². The highest BCUT2D eigenvalue weighted by Crippen LogP contribution is 2.35. The largest absolute Gasteiger partial charge is 0.573 e. The zero-order valence-corrected chi connectivity index (χ0v) is 17.1. The predicted octanol–water partition coefficient (Wildman–Crippen LogP) is 5.22. The maximum atomic E-state index is 14.8. The van der Waals surface area contributed by atoms with Gasteiger partial charge in [0.25, 0.3) is 0 Å². The molecular weight excluding hydrogens is 459 g/mol. The van der Waals surface area contributed by atoms with Crippen LogP contribution in [-0.4, -0.2) is 47.5 Å². The van der Waals surface area contributed by atoms with Crippen LogP contribution in [0.4, 0.5) is 30.7 Å². The van der Waals surface area contributed by atoms with Gasteiger partial charge in [-0.2, -0.15) is 0 Å². The molecule has 2 heterocycles. The Balaban J connectivity index is 1.78. The SMILES string of the molecule is CN1CCC(OC(c2nc3c(F)c(F)c(F)cc3[nH]2)c2cc(OC(F)(F)F)ccc2F)CC1. The number of aromatic nitrogens is 2. The normalized spacial score (nSPS) is 17.0. The van der Waals surface area contributed by atoms with Crippen LogP contribution in [0.25, 0.3) is 11.0 Å². The first-order valence-corrected chi connectivity index (χ1v) is 9.94. The van der Waals surface area contributed by atoms with Crippen LogP contribution in [0, 0.1) is 23.3 Å². The van der Waals surface area contributed by atoms with E-state index >= 15 is 0 Å². The van der Waals surface area contributed by atoms with E-state index in [2.05, 4.69) is 14.7 Å². The van der Waals surface area contributed by atoms with E-state index in [1.54, 1.807) is 0 Å². The average molecular weight is 477 g/mol. The first kappa shape index (κ1) is 23.3. The van der Waals surface area contributed by atoms with E-state index in [1.165, 1.54) is 0 Å². The molecule has 1 N–H and O–H groups in total. The van der Waals surface area contributed by atoms with Crippen molar-refractivity contribution in [1.29, 1.82) is 0 Å². The third kappa shape index (κ3) is 5.06. The molecule has 0 aliphatic carbocycles. The molecule has 4 rings (SSSR count). The molecule has 0 bridgehead atoms. The average Bonchev–Trinajstić information content (AvgIpc) is 3.16. The molecular formula is C21H18F7N3O2. The minimum absolute atomic E-state index is 0.221. The second-order valence-electron chi connectivity index (χ2n) is 7.75. The minimum Gasteiger partial charge on any atom is -0.406 e. The number of aromatic amines is 1. The molecule has 2 aromatic carbocycles. The van der Waals surface area contributed by atoms with Crippen LogP contribution in [0.1, 0.15) is 30.3 Å². The predicted molar refractivity (Wildman–Crippen MR) is 102 cm³/mol. The summed E-state index contributed by atoms with van der Waals surface area (Å²) in [5.41, 5.74) is -1.14. The van der Waals surface area contributed by atoms with Gasteiger partial charge >= 0.3 is 6.36 Å². The number of piperidine rings is 1. The van der Waals surface area contributed by atoms with Crippen LogP contribution in [0.5, 0.6) is 5.75 Å². The molecule has 1 saturated heterocycles. The van der Waals surface area contributed by atoms with Crippen LogP contribution in [0.15, 0.2) is 24.3 Å². The summed E-state index contributed by atoms with van der Waals surface area (Å²) in [7, 11) is 1.90. The smallest absolute Gasteiger partial charge is 0.406 e. The molecule has 33 heavy (non-hydrogen) atoms. The second-order valence-corrected chi connectivity index (χ2v) is 7.75. The van der Waals surface area contributed by atoms with Crippen molar-refractivity contribution < 1.29 is 40.2 Å². The number of benzene rings is 2. The Morgan fingerprint density at radius 2 is 1.73 bits per heavy atom. The summed E-state index contributed by atoms with van der Waals surface area (Å²) < 4.78 is 104. The van der Waals surface area contributed by atoms with Gasteiger partial charge in [-0.3, -0.25) is 0 Å². The zero-order valence-electron chi connectivity index (χ0n) is 17.1. The molecule has 0 amide bonds. The van der Waals surface area contributed by atoms with Crippen molar-refractivity contribution in [2.24, 2.45) is 0 Å². The number of nitrogens with zero attached hydrogens (tertiary/aromatic N) is 2. The lowest BCUT2D eigenvalue weighted by Crippen LogP contribution is -2.35. The lowest BCUT2D eigenvalue weighted by molar-refractivity contribution is -0.274. The van der Waals surface area contributed by atoms with Crippen LogP contribution in [0.3, 0.4) is 0 Å². The first-order valence-electron chi connectivity index (χ1n) is 9.94. The molecule has 178 valence electrons. The van der Waals surface area contributed by atoms with Gasteiger partial charge in [0.2, 0.25) is 0 Å². The first-order chi connectivity index (χ1) is 15.5. The molecule has 1 atom stereocenters. The topological polar surface area (TPSA) is 50.4 Å². The number of alkyl halides is 3. The van der Waals surface area contributed by atoms with E-state index in [9.17, 15) is 30.7 Å². The van der Waals surface area contributed by atoms with Gasteiger partial charge < -0.3 is 19.4 Å². The molecule has 1 unspecified atom stereocenters. The zero-order chi connectivity index (χ0) is 23.9. The minimum atomic E-state index is -5.02. The summed E-state index contributed by atoms with van der Waals surface area (Å²) in [4.78, 5) is 8.52. The molecule has 5 nitrogen and oxygen atoms in total. The number of nitrogens with one attached hydrogen (secondary N) is 1. The number of likely N-dealkylation sites (tertiary alicyclic amines) is 1. The summed E-state index contributed by atoms with van der Waals surface area (Å²) in [6.45, 7) is 1.31. The maximum Gasteiger partial charge on any atom is 0.573 e. The van der Waals surface area contributed by atoms with Crippen LogP contribution in [0.2, 0.25) is 0 Å². The quantitative estimate of drug-likeness (QED) is 0.405. The van der Waals surface area contributed by atoms with E-state index in [1.807, 2.05) is 11.9 Å². The Morgan fingerprint density at radius 3 is 2.39 bits per heavy atom. The number of hydrogen-bond acceptors (Lipinski definition) is 4. The Morgan fingerprint density at radius 1 is 1.03 bits per heavy atom. The molecule has 3 aromatic rings. The van der Waals surface area contributed by atoms with Crippen molar-refractivity contribution in [1.82, 2.24) is 14.9 Å². The fourth-order valence-corrected chi connectivity index (χ4v) is 3.72. The number of halogens is 7. The molecule has 0 spiro atoms. The van der Waals surface area contributed by atoms with Crippen molar-refractivity contribution in [3.05, 3.63) is 58.9 Å². The maximum absolute atomic E-state index is 14.8. The third-order valence-electron chi connectivity index (χ3n) is 5.36. The molecule has 12 heteroatoms. The van der Waals surface area contributed by atoms with E-state index in [0.29, 0.717) is 32.0 Å².